The predicted molar refractivity (Wildman–Crippen MR) is 131 cm³/mol. The number of carbonyl (C=O) groups excluding carboxylic acids is 1. The van der Waals surface area contributed by atoms with Gasteiger partial charge in [0.1, 0.15) is 6.26 Å². The third-order valence-corrected chi connectivity index (χ3v) is 8.21. The Morgan fingerprint density at radius 3 is 2.77 bits per heavy atom. The first kappa shape index (κ1) is 24.0. The van der Waals surface area contributed by atoms with Crippen molar-refractivity contribution in [2.24, 2.45) is 5.92 Å². The summed E-state index contributed by atoms with van der Waals surface area (Å²) in [5, 5.41) is 12.5. The average molecular weight is 481 g/mol. The number of hydrogen-bond acceptors (Lipinski definition) is 5. The quantitative estimate of drug-likeness (QED) is 0.435. The third-order valence-electron chi connectivity index (χ3n) is 8.21. The van der Waals surface area contributed by atoms with E-state index in [2.05, 4.69) is 10.3 Å². The summed E-state index contributed by atoms with van der Waals surface area (Å²) in [7, 11) is 0. The van der Waals surface area contributed by atoms with Crippen LogP contribution in [0.1, 0.15) is 109 Å². The molecule has 2 aromatic rings. The number of rotatable bonds is 10. The van der Waals surface area contributed by atoms with Crippen LogP contribution in [0.25, 0.3) is 0 Å². The summed E-state index contributed by atoms with van der Waals surface area (Å²) >= 11 is 0. The van der Waals surface area contributed by atoms with Crippen molar-refractivity contribution in [3.05, 3.63) is 53.2 Å². The molecule has 3 atom stereocenters. The van der Waals surface area contributed by atoms with Gasteiger partial charge in [-0.15, -0.1) is 0 Å². The van der Waals surface area contributed by atoms with E-state index >= 15 is 0 Å². The number of nitrogens with one attached hydrogen (secondary N) is 1. The van der Waals surface area contributed by atoms with Crippen LogP contribution in [0.4, 0.5) is 0 Å². The summed E-state index contributed by atoms with van der Waals surface area (Å²) in [6.45, 7) is 0.662. The maximum atomic E-state index is 12.6. The minimum Gasteiger partial charge on any atom is -0.478 e. The fraction of sp³-hybridized carbons (Fsp3) is 0.607. The van der Waals surface area contributed by atoms with Crippen molar-refractivity contribution in [3.63, 3.8) is 0 Å². The Labute approximate surface area is 206 Å². The molecular formula is C28H36N2O5. The summed E-state index contributed by atoms with van der Waals surface area (Å²) in [6.07, 6.45) is 14.8. The number of oxazole rings is 1. The molecule has 2 bridgehead atoms. The molecular weight excluding hydrogens is 444 g/mol. The van der Waals surface area contributed by atoms with Crippen molar-refractivity contribution >= 4 is 11.9 Å². The maximum Gasteiger partial charge on any atom is 0.335 e. The van der Waals surface area contributed by atoms with Crippen LogP contribution in [0.5, 0.6) is 0 Å². The lowest BCUT2D eigenvalue weighted by molar-refractivity contribution is 0.0122. The number of hydrogen-bond donors (Lipinski definition) is 2. The summed E-state index contributed by atoms with van der Waals surface area (Å²) in [6, 6.07) is 7.12. The van der Waals surface area contributed by atoms with Crippen LogP contribution >= 0.6 is 0 Å². The highest BCUT2D eigenvalue weighted by Gasteiger charge is 2.54. The molecule has 3 heterocycles. The topological polar surface area (TPSA) is 102 Å². The van der Waals surface area contributed by atoms with E-state index < -0.39 is 11.6 Å². The molecule has 1 aromatic carbocycles. The molecule has 1 amide bonds. The average Bonchev–Trinajstić information content (AvgIpc) is 3.59. The van der Waals surface area contributed by atoms with Crippen molar-refractivity contribution in [2.75, 3.05) is 6.54 Å². The van der Waals surface area contributed by atoms with E-state index in [1.54, 1.807) is 12.1 Å². The minimum absolute atomic E-state index is 0.0126. The number of carboxylic acid groups (broad SMARTS) is 1. The van der Waals surface area contributed by atoms with E-state index in [-0.39, 0.29) is 17.9 Å². The molecule has 5 rings (SSSR count). The Bertz CT molecular complexity index is 1040. The maximum absolute atomic E-state index is 12.6. The number of benzene rings is 1. The first-order chi connectivity index (χ1) is 17.0. The van der Waals surface area contributed by atoms with Gasteiger partial charge in [-0.1, -0.05) is 63.1 Å². The van der Waals surface area contributed by atoms with E-state index in [4.69, 9.17) is 9.15 Å². The Kier molecular flexibility index (Phi) is 7.23. The third kappa shape index (κ3) is 5.45. The van der Waals surface area contributed by atoms with Crippen molar-refractivity contribution < 1.29 is 23.8 Å². The van der Waals surface area contributed by atoms with Gasteiger partial charge in [0.05, 0.1) is 23.2 Å². The molecule has 35 heavy (non-hydrogen) atoms. The van der Waals surface area contributed by atoms with Gasteiger partial charge in [-0.25, -0.2) is 9.78 Å². The Morgan fingerprint density at radius 2 is 1.94 bits per heavy atom. The van der Waals surface area contributed by atoms with Gasteiger partial charge in [0, 0.05) is 13.0 Å². The largest absolute Gasteiger partial charge is 0.478 e. The number of unbranched alkanes of at least 4 members (excludes halogenated alkanes) is 1. The van der Waals surface area contributed by atoms with Crippen LogP contribution in [0.3, 0.4) is 0 Å². The van der Waals surface area contributed by atoms with Crippen LogP contribution in [0, 0.1) is 5.92 Å². The Morgan fingerprint density at radius 1 is 1.11 bits per heavy atom. The van der Waals surface area contributed by atoms with E-state index in [9.17, 15) is 14.7 Å². The second-order valence-corrected chi connectivity index (χ2v) is 10.7. The monoisotopic (exact) mass is 480 g/mol. The zero-order chi connectivity index (χ0) is 24.3. The lowest BCUT2D eigenvalue weighted by Crippen LogP contribution is -2.29. The van der Waals surface area contributed by atoms with E-state index in [0.29, 0.717) is 36.5 Å². The number of carboxylic acids is 1. The number of aromatic nitrogens is 1. The lowest BCUT2D eigenvalue weighted by atomic mass is 9.77. The molecule has 2 N–H and O–H groups in total. The second kappa shape index (κ2) is 10.5. The fourth-order valence-electron chi connectivity index (χ4n) is 6.38. The zero-order valence-corrected chi connectivity index (χ0v) is 20.3. The zero-order valence-electron chi connectivity index (χ0n) is 20.3. The normalized spacial score (nSPS) is 26.2. The van der Waals surface area contributed by atoms with Crippen LogP contribution in [-0.4, -0.2) is 40.2 Å². The molecule has 7 heteroatoms. The van der Waals surface area contributed by atoms with Crippen molar-refractivity contribution in [1.82, 2.24) is 10.3 Å². The van der Waals surface area contributed by atoms with E-state index in [0.717, 1.165) is 37.2 Å². The SMILES string of the molecule is O=C(NCCCCC1CCCCC1)c1coc([C@H]2C[C@]3(Cc4ccccc4C(=O)O)CC[C@H]2O3)n1. The molecule has 188 valence electrons. The van der Waals surface area contributed by atoms with Crippen LogP contribution < -0.4 is 5.32 Å². The van der Waals surface area contributed by atoms with E-state index in [1.165, 1.54) is 44.8 Å². The van der Waals surface area contributed by atoms with Gasteiger partial charge in [-0.2, -0.15) is 0 Å². The van der Waals surface area contributed by atoms with Crippen LogP contribution in [0.2, 0.25) is 0 Å². The van der Waals surface area contributed by atoms with Crippen molar-refractivity contribution in [3.8, 4) is 0 Å². The number of fused-ring (bicyclic) bond motifs is 2. The van der Waals surface area contributed by atoms with Gasteiger partial charge >= 0.3 is 5.97 Å². The molecule has 2 aliphatic heterocycles. The summed E-state index contributed by atoms with van der Waals surface area (Å²) in [5.74, 6) is 0.302. The number of ether oxygens (including phenoxy) is 1. The van der Waals surface area contributed by atoms with Gasteiger partial charge in [-0.05, 0) is 43.2 Å². The summed E-state index contributed by atoms with van der Waals surface area (Å²) in [5.41, 5.74) is 1.03. The smallest absolute Gasteiger partial charge is 0.335 e. The number of amides is 1. The first-order valence-electron chi connectivity index (χ1n) is 13.3. The summed E-state index contributed by atoms with van der Waals surface area (Å²) in [4.78, 5) is 28.7. The number of carbonyl (C=O) groups is 2. The van der Waals surface area contributed by atoms with Crippen molar-refractivity contribution in [2.45, 2.75) is 94.7 Å². The van der Waals surface area contributed by atoms with Gasteiger partial charge in [-0.3, -0.25) is 4.79 Å². The Hall–Kier alpha value is -2.67. The minimum atomic E-state index is -0.918. The molecule has 1 aliphatic carbocycles. The highest BCUT2D eigenvalue weighted by atomic mass is 16.5. The highest BCUT2D eigenvalue weighted by molar-refractivity contribution is 5.91. The first-order valence-corrected chi connectivity index (χ1v) is 13.3. The molecule has 7 nitrogen and oxygen atoms in total. The van der Waals surface area contributed by atoms with Crippen LogP contribution in [-0.2, 0) is 11.2 Å². The second-order valence-electron chi connectivity index (χ2n) is 10.7. The molecule has 0 spiro atoms. The van der Waals surface area contributed by atoms with Gasteiger partial charge in [0.2, 0.25) is 5.89 Å². The van der Waals surface area contributed by atoms with Crippen LogP contribution in [0.15, 0.2) is 34.9 Å². The molecule has 1 saturated carbocycles. The lowest BCUT2D eigenvalue weighted by Gasteiger charge is -2.26. The molecule has 0 radical (unpaired) electrons. The summed E-state index contributed by atoms with van der Waals surface area (Å²) < 4.78 is 12.1. The van der Waals surface area contributed by atoms with Crippen molar-refractivity contribution in [1.29, 1.82) is 0 Å². The number of aromatic carboxylic acids is 1. The fourth-order valence-corrected chi connectivity index (χ4v) is 6.38. The molecule has 1 aromatic heterocycles. The highest BCUT2D eigenvalue weighted by Crippen LogP contribution is 2.52. The molecule has 0 unspecified atom stereocenters. The van der Waals surface area contributed by atoms with Gasteiger partial charge < -0.3 is 19.6 Å². The number of nitrogens with zero attached hydrogens (tertiary/aromatic N) is 1. The van der Waals surface area contributed by atoms with E-state index in [1.807, 2.05) is 12.1 Å². The molecule has 2 saturated heterocycles. The molecule has 3 aliphatic rings. The van der Waals surface area contributed by atoms with Gasteiger partial charge in [0.25, 0.3) is 5.91 Å². The Balaban J connectivity index is 1.13. The molecule has 3 fully saturated rings. The predicted octanol–water partition coefficient (Wildman–Crippen LogP) is 5.50. The standard InChI is InChI=1S/C28H36N2O5/c31-25(29-15-7-6-10-19-8-2-1-3-9-19)23-18-34-26(30-23)22-17-28(14-13-24(22)35-28)16-20-11-4-5-12-21(20)27(32)33/h4-5,11-12,18-19,22,24H,1-3,6-10,13-17H2,(H,29,31)(H,32,33)/t22-,24+,28+/m0/s1. The van der Waals surface area contributed by atoms with Gasteiger partial charge in [0.15, 0.2) is 5.69 Å².